The molecule has 24 heavy (non-hydrogen) atoms. The molecule has 8 nitrogen and oxygen atoms in total. The Morgan fingerprint density at radius 2 is 2.33 bits per heavy atom. The van der Waals surface area contributed by atoms with Crippen LogP contribution >= 0.6 is 0 Å². The normalized spacial score (nSPS) is 30.1. The van der Waals surface area contributed by atoms with E-state index in [1.165, 1.54) is 10.5 Å². The quantitative estimate of drug-likeness (QED) is 0.797. The number of imidazole rings is 1. The van der Waals surface area contributed by atoms with Gasteiger partial charge in [-0.05, 0) is 12.8 Å². The molecule has 3 aliphatic rings. The number of hydrogen-bond donors (Lipinski definition) is 1. The van der Waals surface area contributed by atoms with Crippen molar-refractivity contribution in [1.29, 1.82) is 0 Å². The van der Waals surface area contributed by atoms with E-state index in [9.17, 15) is 13.2 Å². The molecule has 4 rings (SSSR count). The van der Waals surface area contributed by atoms with Crippen LogP contribution in [-0.4, -0.2) is 61.5 Å². The average Bonchev–Trinajstić information content (AvgIpc) is 3.26. The largest absolute Gasteiger partial charge is 0.381 e. The van der Waals surface area contributed by atoms with E-state index < -0.39 is 15.4 Å². The van der Waals surface area contributed by atoms with Crippen molar-refractivity contribution in [3.63, 3.8) is 0 Å². The Labute approximate surface area is 141 Å². The van der Waals surface area contributed by atoms with Gasteiger partial charge in [0.15, 0.2) is 5.03 Å². The van der Waals surface area contributed by atoms with Crippen LogP contribution in [0.5, 0.6) is 0 Å². The van der Waals surface area contributed by atoms with Gasteiger partial charge in [-0.3, -0.25) is 4.79 Å². The number of nitrogens with zero attached hydrogens (tertiary/aromatic N) is 3. The summed E-state index contributed by atoms with van der Waals surface area (Å²) in [4.78, 5) is 16.8. The Kier molecular flexibility index (Phi) is 3.70. The second kappa shape index (κ2) is 5.53. The molecule has 1 aromatic heterocycles. The molecule has 0 aliphatic carbocycles. The van der Waals surface area contributed by atoms with Gasteiger partial charge in [0.05, 0.1) is 18.2 Å². The SMILES string of the molecule is CNC(=O)[C@]12CCOC[C@H]1CN(S(=O)(=O)c1cnc3n1CCC3)C2. The predicted octanol–water partition coefficient (Wildman–Crippen LogP) is -0.397. The summed E-state index contributed by atoms with van der Waals surface area (Å²) in [6.07, 6.45) is 3.74. The Hall–Kier alpha value is -1.45. The highest BCUT2D eigenvalue weighted by Gasteiger charge is 2.56. The van der Waals surface area contributed by atoms with Crippen LogP contribution in [0.15, 0.2) is 11.2 Å². The lowest BCUT2D eigenvalue weighted by molar-refractivity contribution is -0.138. The van der Waals surface area contributed by atoms with E-state index in [1.54, 1.807) is 11.6 Å². The zero-order valence-corrected chi connectivity index (χ0v) is 14.5. The number of amides is 1. The first-order chi connectivity index (χ1) is 11.5. The summed E-state index contributed by atoms with van der Waals surface area (Å²) in [5.74, 6) is 0.628. The molecular weight excluding hydrogens is 332 g/mol. The second-order valence-electron chi connectivity index (χ2n) is 6.82. The summed E-state index contributed by atoms with van der Waals surface area (Å²) in [6, 6.07) is 0. The summed E-state index contributed by atoms with van der Waals surface area (Å²) < 4.78 is 35.0. The first-order valence-corrected chi connectivity index (χ1v) is 9.77. The summed E-state index contributed by atoms with van der Waals surface area (Å²) in [5.41, 5.74) is -0.687. The minimum Gasteiger partial charge on any atom is -0.381 e. The van der Waals surface area contributed by atoms with Gasteiger partial charge in [0.25, 0.3) is 10.0 Å². The number of rotatable bonds is 3. The fourth-order valence-corrected chi connectivity index (χ4v) is 5.98. The van der Waals surface area contributed by atoms with Crippen molar-refractivity contribution in [2.45, 2.75) is 30.8 Å². The lowest BCUT2D eigenvalue weighted by atomic mass is 9.73. The van der Waals surface area contributed by atoms with Crippen LogP contribution in [0.4, 0.5) is 0 Å². The zero-order valence-electron chi connectivity index (χ0n) is 13.7. The van der Waals surface area contributed by atoms with Gasteiger partial charge in [-0.2, -0.15) is 4.31 Å². The second-order valence-corrected chi connectivity index (χ2v) is 8.71. The third-order valence-electron chi connectivity index (χ3n) is 5.64. The maximum atomic E-state index is 13.1. The van der Waals surface area contributed by atoms with Gasteiger partial charge in [0.2, 0.25) is 5.91 Å². The number of carbonyl (C=O) groups is 1. The molecule has 0 radical (unpaired) electrons. The molecule has 0 unspecified atom stereocenters. The van der Waals surface area contributed by atoms with E-state index >= 15 is 0 Å². The molecule has 0 saturated carbocycles. The minimum absolute atomic E-state index is 0.0907. The van der Waals surface area contributed by atoms with Crippen LogP contribution in [0, 0.1) is 11.3 Å². The van der Waals surface area contributed by atoms with E-state index in [4.69, 9.17) is 4.74 Å². The summed E-state index contributed by atoms with van der Waals surface area (Å²) in [6.45, 7) is 2.12. The smallest absolute Gasteiger partial charge is 0.260 e. The van der Waals surface area contributed by atoms with Crippen molar-refractivity contribution in [2.75, 3.05) is 33.4 Å². The predicted molar refractivity (Wildman–Crippen MR) is 84.7 cm³/mol. The number of sulfonamides is 1. The molecule has 4 heterocycles. The van der Waals surface area contributed by atoms with Crippen molar-refractivity contribution < 1.29 is 17.9 Å². The molecule has 1 aromatic rings. The van der Waals surface area contributed by atoms with E-state index in [2.05, 4.69) is 10.3 Å². The third kappa shape index (κ3) is 2.14. The summed E-state index contributed by atoms with van der Waals surface area (Å²) in [5, 5.41) is 2.96. The van der Waals surface area contributed by atoms with Gasteiger partial charge in [0.1, 0.15) is 5.82 Å². The Morgan fingerprint density at radius 3 is 3.12 bits per heavy atom. The van der Waals surface area contributed by atoms with E-state index in [1.807, 2.05) is 0 Å². The molecule has 132 valence electrons. The van der Waals surface area contributed by atoms with Crippen molar-refractivity contribution in [3.05, 3.63) is 12.0 Å². The first-order valence-electron chi connectivity index (χ1n) is 8.33. The van der Waals surface area contributed by atoms with Crippen molar-refractivity contribution in [3.8, 4) is 0 Å². The Bertz CT molecular complexity index is 774. The van der Waals surface area contributed by atoms with Gasteiger partial charge >= 0.3 is 0 Å². The van der Waals surface area contributed by atoms with E-state index in [0.29, 0.717) is 32.7 Å². The number of nitrogens with one attached hydrogen (secondary N) is 1. The van der Waals surface area contributed by atoms with Crippen molar-refractivity contribution in [1.82, 2.24) is 19.2 Å². The summed E-state index contributed by atoms with van der Waals surface area (Å²) in [7, 11) is -2.06. The average molecular weight is 354 g/mol. The van der Waals surface area contributed by atoms with Gasteiger partial charge in [-0.1, -0.05) is 0 Å². The first kappa shape index (κ1) is 16.0. The van der Waals surface area contributed by atoms with Crippen LogP contribution in [-0.2, 0) is 32.5 Å². The fourth-order valence-electron chi connectivity index (χ4n) is 4.28. The molecule has 1 amide bonds. The third-order valence-corrected chi connectivity index (χ3v) is 7.46. The number of aryl methyl sites for hydroxylation is 1. The molecule has 0 aromatic carbocycles. The number of ether oxygens (including phenoxy) is 1. The van der Waals surface area contributed by atoms with E-state index in [-0.39, 0.29) is 23.4 Å². The van der Waals surface area contributed by atoms with E-state index in [0.717, 1.165) is 18.7 Å². The van der Waals surface area contributed by atoms with Crippen LogP contribution in [0.3, 0.4) is 0 Å². The highest BCUT2D eigenvalue weighted by Crippen LogP contribution is 2.44. The van der Waals surface area contributed by atoms with Gasteiger partial charge < -0.3 is 14.6 Å². The van der Waals surface area contributed by atoms with Gasteiger partial charge in [-0.25, -0.2) is 13.4 Å². The van der Waals surface area contributed by atoms with Crippen LogP contribution in [0.25, 0.3) is 0 Å². The molecule has 1 N–H and O–H groups in total. The lowest BCUT2D eigenvalue weighted by Gasteiger charge is -2.36. The highest BCUT2D eigenvalue weighted by molar-refractivity contribution is 7.89. The molecule has 3 aliphatic heterocycles. The number of fused-ring (bicyclic) bond motifs is 2. The monoisotopic (exact) mass is 354 g/mol. The fraction of sp³-hybridized carbons (Fsp3) is 0.733. The molecule has 2 atom stereocenters. The molecule has 2 saturated heterocycles. The molecule has 0 bridgehead atoms. The van der Waals surface area contributed by atoms with Crippen LogP contribution in [0.2, 0.25) is 0 Å². The van der Waals surface area contributed by atoms with Gasteiger partial charge in [0, 0.05) is 45.6 Å². The number of aromatic nitrogens is 2. The molecule has 0 spiro atoms. The molecule has 2 fully saturated rings. The maximum Gasteiger partial charge on any atom is 0.260 e. The number of carbonyl (C=O) groups excluding carboxylic acids is 1. The topological polar surface area (TPSA) is 93.5 Å². The van der Waals surface area contributed by atoms with Gasteiger partial charge in [-0.15, -0.1) is 0 Å². The van der Waals surface area contributed by atoms with Crippen LogP contribution < -0.4 is 5.32 Å². The highest BCUT2D eigenvalue weighted by atomic mass is 32.2. The maximum absolute atomic E-state index is 13.1. The summed E-state index contributed by atoms with van der Waals surface area (Å²) >= 11 is 0. The van der Waals surface area contributed by atoms with Crippen molar-refractivity contribution in [2.24, 2.45) is 11.3 Å². The Balaban J connectivity index is 1.69. The standard InChI is InChI=1S/C15H22N4O4S/c1-16-14(20)15-4-6-23-9-11(15)8-18(10-15)24(21,22)13-7-17-12-3-2-5-19(12)13/h7,11H,2-6,8-10H2,1H3,(H,16,20)/t11-,15+/m1/s1. The molecule has 9 heteroatoms. The number of hydrogen-bond acceptors (Lipinski definition) is 5. The lowest BCUT2D eigenvalue weighted by Crippen LogP contribution is -2.49. The van der Waals surface area contributed by atoms with Crippen LogP contribution in [0.1, 0.15) is 18.7 Å². The minimum atomic E-state index is -3.66. The Morgan fingerprint density at radius 1 is 1.50 bits per heavy atom. The molecular formula is C15H22N4O4S. The van der Waals surface area contributed by atoms with Crippen molar-refractivity contribution >= 4 is 15.9 Å². The zero-order chi connectivity index (χ0) is 16.9.